The molecule has 0 saturated carbocycles. The smallest absolute Gasteiger partial charge is 0.356 e. The quantitative estimate of drug-likeness (QED) is 0.501. The van der Waals surface area contributed by atoms with Gasteiger partial charge in [-0.1, -0.05) is 0 Å². The standard InChI is InChI=1S/C5H11O4P/c1-3-8-10(6,7)5-4(2)9-5/h4-5H,3H2,1-2H3,(H,6,7)/t4-,5+/m0/s1. The Hall–Kier alpha value is 0.110. The molecule has 3 atom stereocenters. The molecule has 5 heteroatoms. The summed E-state index contributed by atoms with van der Waals surface area (Å²) < 4.78 is 20.4. The highest BCUT2D eigenvalue weighted by atomic mass is 31.2. The molecule has 1 aliphatic rings. The van der Waals surface area contributed by atoms with E-state index in [1.54, 1.807) is 13.8 Å². The summed E-state index contributed by atoms with van der Waals surface area (Å²) in [5.41, 5.74) is 0. The van der Waals surface area contributed by atoms with Gasteiger partial charge in [-0.05, 0) is 13.8 Å². The van der Waals surface area contributed by atoms with E-state index in [9.17, 15) is 4.57 Å². The third-order valence-corrected chi connectivity index (χ3v) is 3.13. The van der Waals surface area contributed by atoms with Crippen LogP contribution in [-0.4, -0.2) is 23.4 Å². The van der Waals surface area contributed by atoms with E-state index in [1.165, 1.54) is 0 Å². The van der Waals surface area contributed by atoms with E-state index >= 15 is 0 Å². The van der Waals surface area contributed by atoms with Crippen LogP contribution in [0.1, 0.15) is 13.8 Å². The molecule has 10 heavy (non-hydrogen) atoms. The molecule has 0 amide bonds. The van der Waals surface area contributed by atoms with E-state index in [1.807, 2.05) is 0 Å². The van der Waals surface area contributed by atoms with Crippen LogP contribution in [0.4, 0.5) is 0 Å². The van der Waals surface area contributed by atoms with Crippen LogP contribution in [0.25, 0.3) is 0 Å². The number of ether oxygens (including phenoxy) is 1. The van der Waals surface area contributed by atoms with Gasteiger partial charge in [0.2, 0.25) is 0 Å². The van der Waals surface area contributed by atoms with Crippen molar-refractivity contribution in [2.24, 2.45) is 0 Å². The normalized spacial score (nSPS) is 37.1. The molecule has 0 aromatic heterocycles. The predicted octanol–water partition coefficient (Wildman–Crippen LogP) is 0.953. The summed E-state index contributed by atoms with van der Waals surface area (Å²) in [6.07, 6.45) is -0.123. The Bertz CT molecular complexity index is 169. The van der Waals surface area contributed by atoms with Crippen LogP contribution in [0, 0.1) is 0 Å². The number of hydrogen-bond acceptors (Lipinski definition) is 3. The monoisotopic (exact) mass is 166 g/mol. The molecule has 0 radical (unpaired) electrons. The van der Waals surface area contributed by atoms with E-state index in [2.05, 4.69) is 4.52 Å². The van der Waals surface area contributed by atoms with Crippen molar-refractivity contribution in [1.29, 1.82) is 0 Å². The Kier molecular flexibility index (Phi) is 2.15. The molecule has 1 heterocycles. The van der Waals surface area contributed by atoms with Gasteiger partial charge in [0.1, 0.15) is 0 Å². The summed E-state index contributed by atoms with van der Waals surface area (Å²) >= 11 is 0. The highest BCUT2D eigenvalue weighted by molar-refractivity contribution is 7.53. The maximum Gasteiger partial charge on any atom is 0.359 e. The summed E-state index contributed by atoms with van der Waals surface area (Å²) in [6, 6.07) is 0. The fourth-order valence-electron chi connectivity index (χ4n) is 0.775. The summed E-state index contributed by atoms with van der Waals surface area (Å²) in [4.78, 5) is 9.03. The van der Waals surface area contributed by atoms with Gasteiger partial charge >= 0.3 is 7.60 Å². The Balaban J connectivity index is 2.44. The predicted molar refractivity (Wildman–Crippen MR) is 35.8 cm³/mol. The lowest BCUT2D eigenvalue weighted by atomic mass is 10.6. The lowest BCUT2D eigenvalue weighted by Gasteiger charge is -2.05. The Labute approximate surface area is 59.7 Å². The fraction of sp³-hybridized carbons (Fsp3) is 1.00. The molecule has 60 valence electrons. The molecule has 0 aromatic carbocycles. The highest BCUT2D eigenvalue weighted by Gasteiger charge is 2.50. The van der Waals surface area contributed by atoms with Crippen LogP contribution in [0.5, 0.6) is 0 Å². The van der Waals surface area contributed by atoms with Crippen molar-refractivity contribution in [3.05, 3.63) is 0 Å². The van der Waals surface area contributed by atoms with Crippen molar-refractivity contribution in [1.82, 2.24) is 0 Å². The van der Waals surface area contributed by atoms with Crippen molar-refractivity contribution in [3.8, 4) is 0 Å². The van der Waals surface area contributed by atoms with Gasteiger partial charge in [-0.3, -0.25) is 4.57 Å². The van der Waals surface area contributed by atoms with E-state index in [0.29, 0.717) is 0 Å². The molecule has 1 unspecified atom stereocenters. The number of rotatable bonds is 3. The SMILES string of the molecule is CCOP(=O)(O)[C@H]1O[C@H]1C. The highest BCUT2D eigenvalue weighted by Crippen LogP contribution is 2.56. The minimum absolute atomic E-state index is 0.123. The minimum atomic E-state index is -3.43. The molecule has 0 spiro atoms. The number of epoxide rings is 1. The first-order valence-corrected chi connectivity index (χ1v) is 4.85. The van der Waals surface area contributed by atoms with Gasteiger partial charge < -0.3 is 14.2 Å². The van der Waals surface area contributed by atoms with Gasteiger partial charge in [-0.2, -0.15) is 0 Å². The van der Waals surface area contributed by atoms with Crippen molar-refractivity contribution in [3.63, 3.8) is 0 Å². The molecule has 4 nitrogen and oxygen atoms in total. The summed E-state index contributed by atoms with van der Waals surface area (Å²) in [5, 5.41) is 0. The van der Waals surface area contributed by atoms with Gasteiger partial charge in [0.05, 0.1) is 12.7 Å². The maximum absolute atomic E-state index is 11.0. The lowest BCUT2D eigenvalue weighted by Crippen LogP contribution is -1.96. The van der Waals surface area contributed by atoms with Gasteiger partial charge in [-0.15, -0.1) is 0 Å². The fourth-order valence-corrected chi connectivity index (χ4v) is 2.17. The van der Waals surface area contributed by atoms with E-state index in [0.717, 1.165) is 0 Å². The Morgan fingerprint density at radius 2 is 2.30 bits per heavy atom. The van der Waals surface area contributed by atoms with Crippen LogP contribution >= 0.6 is 7.60 Å². The molecule has 0 aliphatic carbocycles. The lowest BCUT2D eigenvalue weighted by molar-refractivity contribution is 0.257. The summed E-state index contributed by atoms with van der Waals surface area (Å²) in [7, 11) is -3.43. The molecule has 1 aliphatic heterocycles. The first kappa shape index (κ1) is 8.21. The zero-order valence-electron chi connectivity index (χ0n) is 5.98. The molecule has 1 saturated heterocycles. The number of hydrogen-bond donors (Lipinski definition) is 1. The molecule has 1 N–H and O–H groups in total. The second kappa shape index (κ2) is 2.62. The summed E-state index contributed by atoms with van der Waals surface area (Å²) in [5.74, 6) is -0.576. The molecular weight excluding hydrogens is 155 g/mol. The average molecular weight is 166 g/mol. The van der Waals surface area contributed by atoms with Gasteiger partial charge in [0.15, 0.2) is 5.85 Å². The molecular formula is C5H11O4P. The zero-order chi connectivity index (χ0) is 7.78. The zero-order valence-corrected chi connectivity index (χ0v) is 6.88. The van der Waals surface area contributed by atoms with Crippen LogP contribution in [0.2, 0.25) is 0 Å². The Morgan fingerprint density at radius 1 is 1.80 bits per heavy atom. The molecule has 1 fully saturated rings. The van der Waals surface area contributed by atoms with E-state index < -0.39 is 13.4 Å². The first-order chi connectivity index (χ1) is 4.58. The van der Waals surface area contributed by atoms with Crippen LogP contribution < -0.4 is 0 Å². The largest absolute Gasteiger partial charge is 0.359 e. The van der Waals surface area contributed by atoms with Crippen LogP contribution in [-0.2, 0) is 13.8 Å². The molecule has 1 rings (SSSR count). The van der Waals surface area contributed by atoms with Crippen LogP contribution in [0.3, 0.4) is 0 Å². The second-order valence-corrected chi connectivity index (χ2v) is 4.11. The van der Waals surface area contributed by atoms with Crippen molar-refractivity contribution in [2.75, 3.05) is 6.61 Å². The Morgan fingerprint density at radius 3 is 2.60 bits per heavy atom. The van der Waals surface area contributed by atoms with Crippen molar-refractivity contribution < 1.29 is 18.7 Å². The van der Waals surface area contributed by atoms with Crippen LogP contribution in [0.15, 0.2) is 0 Å². The van der Waals surface area contributed by atoms with Gasteiger partial charge in [0.25, 0.3) is 0 Å². The minimum Gasteiger partial charge on any atom is -0.356 e. The van der Waals surface area contributed by atoms with Gasteiger partial charge in [-0.25, -0.2) is 0 Å². The van der Waals surface area contributed by atoms with Crippen molar-refractivity contribution >= 4 is 7.60 Å². The van der Waals surface area contributed by atoms with Crippen molar-refractivity contribution in [2.45, 2.75) is 25.8 Å². The third kappa shape index (κ3) is 1.58. The van der Waals surface area contributed by atoms with Gasteiger partial charge in [0, 0.05) is 0 Å². The van der Waals surface area contributed by atoms with E-state index in [4.69, 9.17) is 9.63 Å². The van der Waals surface area contributed by atoms with E-state index in [-0.39, 0.29) is 12.7 Å². The topological polar surface area (TPSA) is 59.1 Å². The molecule has 0 aromatic rings. The maximum atomic E-state index is 11.0. The first-order valence-electron chi connectivity index (χ1n) is 3.20. The third-order valence-electron chi connectivity index (χ3n) is 1.31. The average Bonchev–Trinajstić information content (AvgIpc) is 2.46. The molecule has 0 bridgehead atoms. The second-order valence-electron chi connectivity index (χ2n) is 2.21. The summed E-state index contributed by atoms with van der Waals surface area (Å²) in [6.45, 7) is 3.67.